The van der Waals surface area contributed by atoms with E-state index in [2.05, 4.69) is 5.32 Å². The SMILES string of the molecule is CC(C)(C)C(C(=O)O)C(=O)N1CCNC(=O)CC1. The van der Waals surface area contributed by atoms with Crippen LogP contribution in [0, 0.1) is 11.3 Å². The number of hydrogen-bond acceptors (Lipinski definition) is 3. The molecule has 0 aromatic rings. The first-order chi connectivity index (χ1) is 8.23. The van der Waals surface area contributed by atoms with Crippen LogP contribution in [0.4, 0.5) is 0 Å². The minimum Gasteiger partial charge on any atom is -0.481 e. The van der Waals surface area contributed by atoms with Crippen molar-refractivity contribution in [1.82, 2.24) is 10.2 Å². The summed E-state index contributed by atoms with van der Waals surface area (Å²) in [5, 5.41) is 11.9. The predicted octanol–water partition coefficient (Wildman–Crippen LogP) is 0.0818. The Balaban J connectivity index is 2.83. The third-order valence-electron chi connectivity index (χ3n) is 2.98. The molecular weight excluding hydrogens is 236 g/mol. The van der Waals surface area contributed by atoms with Gasteiger partial charge in [-0.2, -0.15) is 0 Å². The second kappa shape index (κ2) is 5.37. The average Bonchev–Trinajstić information content (AvgIpc) is 2.39. The van der Waals surface area contributed by atoms with Crippen molar-refractivity contribution in [1.29, 1.82) is 0 Å². The summed E-state index contributed by atoms with van der Waals surface area (Å²) >= 11 is 0. The van der Waals surface area contributed by atoms with Gasteiger partial charge in [-0.3, -0.25) is 14.4 Å². The zero-order chi connectivity index (χ0) is 13.9. The fourth-order valence-electron chi connectivity index (χ4n) is 2.02. The van der Waals surface area contributed by atoms with Crippen LogP contribution in [0.2, 0.25) is 0 Å². The highest BCUT2D eigenvalue weighted by Gasteiger charge is 2.40. The van der Waals surface area contributed by atoms with Crippen molar-refractivity contribution in [3.8, 4) is 0 Å². The van der Waals surface area contributed by atoms with Gasteiger partial charge in [0.1, 0.15) is 5.92 Å². The van der Waals surface area contributed by atoms with E-state index in [-0.39, 0.29) is 18.9 Å². The van der Waals surface area contributed by atoms with Crippen LogP contribution in [0.1, 0.15) is 27.2 Å². The summed E-state index contributed by atoms with van der Waals surface area (Å²) in [5.74, 6) is -2.71. The van der Waals surface area contributed by atoms with E-state index in [4.69, 9.17) is 0 Å². The predicted molar refractivity (Wildman–Crippen MR) is 64.8 cm³/mol. The van der Waals surface area contributed by atoms with Crippen LogP contribution in [-0.4, -0.2) is 47.4 Å². The molecule has 1 saturated heterocycles. The maximum atomic E-state index is 12.3. The summed E-state index contributed by atoms with van der Waals surface area (Å²) in [5.41, 5.74) is -0.646. The minimum atomic E-state index is -1.11. The molecule has 1 aliphatic rings. The van der Waals surface area contributed by atoms with Gasteiger partial charge in [0.25, 0.3) is 0 Å². The molecule has 0 saturated carbocycles. The highest BCUT2D eigenvalue weighted by Crippen LogP contribution is 2.28. The first-order valence-electron chi connectivity index (χ1n) is 6.02. The van der Waals surface area contributed by atoms with Crippen molar-refractivity contribution in [3.05, 3.63) is 0 Å². The molecule has 6 nitrogen and oxygen atoms in total. The van der Waals surface area contributed by atoms with Gasteiger partial charge in [-0.15, -0.1) is 0 Å². The van der Waals surface area contributed by atoms with Gasteiger partial charge in [-0.05, 0) is 5.41 Å². The lowest BCUT2D eigenvalue weighted by molar-refractivity contribution is -0.156. The minimum absolute atomic E-state index is 0.104. The molecule has 1 heterocycles. The lowest BCUT2D eigenvalue weighted by Gasteiger charge is -2.31. The molecule has 1 aliphatic heterocycles. The first kappa shape index (κ1) is 14.5. The van der Waals surface area contributed by atoms with Crippen LogP contribution in [0.3, 0.4) is 0 Å². The summed E-state index contributed by atoms with van der Waals surface area (Å²) in [6.07, 6.45) is 0.224. The summed E-state index contributed by atoms with van der Waals surface area (Å²) in [4.78, 5) is 36.1. The van der Waals surface area contributed by atoms with E-state index in [0.717, 1.165) is 0 Å². The number of aliphatic carboxylic acids is 1. The molecule has 1 unspecified atom stereocenters. The number of carboxylic acids is 1. The molecule has 0 spiro atoms. The van der Waals surface area contributed by atoms with Crippen LogP contribution in [0.25, 0.3) is 0 Å². The number of carbonyl (C=O) groups excluding carboxylic acids is 2. The van der Waals surface area contributed by atoms with Crippen LogP contribution in [-0.2, 0) is 14.4 Å². The van der Waals surface area contributed by atoms with Crippen molar-refractivity contribution in [3.63, 3.8) is 0 Å². The summed E-state index contributed by atoms with van der Waals surface area (Å²) in [7, 11) is 0. The monoisotopic (exact) mass is 256 g/mol. The van der Waals surface area contributed by atoms with E-state index in [1.165, 1.54) is 4.90 Å². The lowest BCUT2D eigenvalue weighted by atomic mass is 9.80. The molecule has 6 heteroatoms. The Kier molecular flexibility index (Phi) is 4.32. The molecule has 1 rings (SSSR count). The molecule has 0 bridgehead atoms. The summed E-state index contributed by atoms with van der Waals surface area (Å²) in [6, 6.07) is 0. The Bertz CT molecular complexity index is 360. The molecule has 1 fully saturated rings. The van der Waals surface area contributed by atoms with E-state index < -0.39 is 23.2 Å². The van der Waals surface area contributed by atoms with Crippen molar-refractivity contribution in [2.45, 2.75) is 27.2 Å². The van der Waals surface area contributed by atoms with Crippen LogP contribution in [0.15, 0.2) is 0 Å². The van der Waals surface area contributed by atoms with Crippen LogP contribution < -0.4 is 5.32 Å². The standard InChI is InChI=1S/C12H20N2O4/c1-12(2,3)9(11(17)18)10(16)14-6-4-8(15)13-5-7-14/h9H,4-7H2,1-3H3,(H,13,15)(H,17,18). The number of nitrogens with zero attached hydrogens (tertiary/aromatic N) is 1. The Morgan fingerprint density at radius 3 is 2.44 bits per heavy atom. The Labute approximate surface area is 106 Å². The molecule has 18 heavy (non-hydrogen) atoms. The van der Waals surface area contributed by atoms with E-state index in [1.807, 2.05) is 0 Å². The van der Waals surface area contributed by atoms with E-state index in [1.54, 1.807) is 20.8 Å². The average molecular weight is 256 g/mol. The molecule has 0 radical (unpaired) electrons. The summed E-state index contributed by atoms with van der Waals surface area (Å²) in [6.45, 7) is 6.21. The summed E-state index contributed by atoms with van der Waals surface area (Å²) < 4.78 is 0. The number of carboxylic acid groups (broad SMARTS) is 1. The van der Waals surface area contributed by atoms with Crippen LogP contribution in [0.5, 0.6) is 0 Å². The lowest BCUT2D eigenvalue weighted by Crippen LogP contribution is -2.46. The fraction of sp³-hybridized carbons (Fsp3) is 0.750. The Hall–Kier alpha value is -1.59. The number of amides is 2. The number of carbonyl (C=O) groups is 3. The Morgan fingerprint density at radius 2 is 1.94 bits per heavy atom. The largest absolute Gasteiger partial charge is 0.481 e. The maximum absolute atomic E-state index is 12.3. The van der Waals surface area contributed by atoms with Crippen molar-refractivity contribution >= 4 is 17.8 Å². The molecular formula is C12H20N2O4. The third-order valence-corrected chi connectivity index (χ3v) is 2.98. The molecule has 2 N–H and O–H groups in total. The van der Waals surface area contributed by atoms with Gasteiger partial charge in [0.2, 0.25) is 11.8 Å². The van der Waals surface area contributed by atoms with Crippen molar-refractivity contribution in [2.75, 3.05) is 19.6 Å². The maximum Gasteiger partial charge on any atom is 0.316 e. The van der Waals surface area contributed by atoms with Crippen molar-refractivity contribution in [2.24, 2.45) is 11.3 Å². The number of nitrogens with one attached hydrogen (secondary N) is 1. The molecule has 1 atom stereocenters. The third kappa shape index (κ3) is 3.45. The van der Waals surface area contributed by atoms with Gasteiger partial charge in [-0.1, -0.05) is 20.8 Å². The van der Waals surface area contributed by atoms with Crippen LogP contribution >= 0.6 is 0 Å². The molecule has 0 aliphatic carbocycles. The highest BCUT2D eigenvalue weighted by atomic mass is 16.4. The first-order valence-corrected chi connectivity index (χ1v) is 6.02. The van der Waals surface area contributed by atoms with E-state index in [9.17, 15) is 19.5 Å². The van der Waals surface area contributed by atoms with E-state index in [0.29, 0.717) is 13.1 Å². The fourth-order valence-corrected chi connectivity index (χ4v) is 2.02. The molecule has 0 aromatic carbocycles. The van der Waals surface area contributed by atoms with Gasteiger partial charge in [0.15, 0.2) is 0 Å². The smallest absolute Gasteiger partial charge is 0.316 e. The van der Waals surface area contributed by atoms with Gasteiger partial charge >= 0.3 is 5.97 Å². The molecule has 2 amide bonds. The van der Waals surface area contributed by atoms with Gasteiger partial charge in [0, 0.05) is 26.1 Å². The number of rotatable bonds is 2. The second-order valence-electron chi connectivity index (χ2n) is 5.56. The van der Waals surface area contributed by atoms with Gasteiger partial charge < -0.3 is 15.3 Å². The molecule has 102 valence electrons. The van der Waals surface area contributed by atoms with E-state index >= 15 is 0 Å². The zero-order valence-electron chi connectivity index (χ0n) is 11.0. The second-order valence-corrected chi connectivity index (χ2v) is 5.56. The van der Waals surface area contributed by atoms with Gasteiger partial charge in [-0.25, -0.2) is 0 Å². The Morgan fingerprint density at radius 1 is 1.33 bits per heavy atom. The normalized spacial score (nSPS) is 18.8. The molecule has 0 aromatic heterocycles. The van der Waals surface area contributed by atoms with Gasteiger partial charge in [0.05, 0.1) is 0 Å². The number of hydrogen-bond donors (Lipinski definition) is 2. The zero-order valence-corrected chi connectivity index (χ0v) is 11.0. The highest BCUT2D eigenvalue weighted by molar-refractivity contribution is 5.98. The topological polar surface area (TPSA) is 86.7 Å². The van der Waals surface area contributed by atoms with Crippen molar-refractivity contribution < 1.29 is 19.5 Å². The quantitative estimate of drug-likeness (QED) is 0.685.